The van der Waals surface area contributed by atoms with Crippen LogP contribution in [0.3, 0.4) is 0 Å². The van der Waals surface area contributed by atoms with E-state index in [2.05, 4.69) is 4.90 Å². The number of allylic oxidation sites excluding steroid dienone is 1. The average Bonchev–Trinajstić information content (AvgIpc) is 3.62. The number of aliphatic hydroxyl groups excluding tert-OH is 1. The monoisotopic (exact) mass is 620 g/mol. The van der Waals surface area contributed by atoms with Gasteiger partial charge in [-0.1, -0.05) is 24.3 Å². The predicted molar refractivity (Wildman–Crippen MR) is 164 cm³/mol. The zero-order valence-electron chi connectivity index (χ0n) is 25.7. The van der Waals surface area contributed by atoms with Crippen molar-refractivity contribution in [3.63, 3.8) is 0 Å². The highest BCUT2D eigenvalue weighted by atomic mass is 16.7. The van der Waals surface area contributed by atoms with Crippen LogP contribution in [0.4, 0.5) is 0 Å². The van der Waals surface area contributed by atoms with Gasteiger partial charge in [0.15, 0.2) is 17.3 Å². The number of fused-ring (bicyclic) bond motifs is 1. The second kappa shape index (κ2) is 13.9. The first-order valence-corrected chi connectivity index (χ1v) is 15.4. The van der Waals surface area contributed by atoms with Crippen LogP contribution in [0, 0.1) is 6.92 Å². The third-order valence-corrected chi connectivity index (χ3v) is 8.51. The Bertz CT molecular complexity index is 1580. The molecule has 0 unspecified atom stereocenters. The van der Waals surface area contributed by atoms with Crippen molar-refractivity contribution in [2.75, 3.05) is 59.4 Å². The van der Waals surface area contributed by atoms with Crippen molar-refractivity contribution in [1.29, 1.82) is 0 Å². The normalized spacial score (nSPS) is 19.8. The van der Waals surface area contributed by atoms with Crippen LogP contribution < -0.4 is 15.0 Å². The summed E-state index contributed by atoms with van der Waals surface area (Å²) in [6, 6.07) is 15.5. The van der Waals surface area contributed by atoms with Crippen molar-refractivity contribution in [1.82, 2.24) is 19.2 Å². The van der Waals surface area contributed by atoms with Gasteiger partial charge in [0, 0.05) is 63.4 Å². The van der Waals surface area contributed by atoms with E-state index in [1.807, 2.05) is 67.2 Å². The molecule has 6 rings (SSSR count). The molecule has 3 aliphatic rings. The lowest BCUT2D eigenvalue weighted by molar-refractivity contribution is -0.157. The number of carbonyl (C=O) groups is 1. The third kappa shape index (κ3) is 6.79. The zero-order chi connectivity index (χ0) is 31.3. The van der Waals surface area contributed by atoms with Gasteiger partial charge in [0.2, 0.25) is 13.1 Å². The van der Waals surface area contributed by atoms with E-state index in [-0.39, 0.29) is 50.4 Å². The van der Waals surface area contributed by atoms with Crippen LogP contribution in [0.2, 0.25) is 0 Å². The fourth-order valence-electron chi connectivity index (χ4n) is 6.10. The fraction of sp³-hybridized carbons (Fsp3) is 0.455. The zero-order valence-corrected chi connectivity index (χ0v) is 25.7. The minimum absolute atomic E-state index is 0.0751. The Hall–Kier alpha value is -4.10. The Balaban J connectivity index is 1.18. The first-order valence-electron chi connectivity index (χ1n) is 15.4. The van der Waals surface area contributed by atoms with Crippen LogP contribution in [-0.2, 0) is 32.6 Å². The third-order valence-electron chi connectivity index (χ3n) is 8.51. The Kier molecular flexibility index (Phi) is 9.55. The number of hydrogen-bond donors (Lipinski definition) is 1. The largest absolute Gasteiger partial charge is 0.459 e. The van der Waals surface area contributed by atoms with Crippen molar-refractivity contribution >= 4 is 5.91 Å². The van der Waals surface area contributed by atoms with Gasteiger partial charge in [0.25, 0.3) is 11.5 Å². The summed E-state index contributed by atoms with van der Waals surface area (Å²) in [6.07, 6.45) is 1.41. The van der Waals surface area contributed by atoms with Gasteiger partial charge in [-0.25, -0.2) is 4.68 Å². The number of benzene rings is 2. The maximum absolute atomic E-state index is 13.8. The number of aliphatic hydroxyl groups is 1. The van der Waals surface area contributed by atoms with Crippen molar-refractivity contribution < 1.29 is 33.6 Å². The van der Waals surface area contributed by atoms with E-state index < -0.39 is 12.2 Å². The van der Waals surface area contributed by atoms with Crippen LogP contribution in [0.25, 0.3) is 5.69 Å². The lowest BCUT2D eigenvalue weighted by atomic mass is 9.93. The van der Waals surface area contributed by atoms with E-state index in [0.29, 0.717) is 38.2 Å². The molecule has 0 spiro atoms. The van der Waals surface area contributed by atoms with Crippen LogP contribution >= 0.6 is 0 Å². The minimum atomic E-state index is -0.742. The number of para-hydroxylation sites is 1. The summed E-state index contributed by atoms with van der Waals surface area (Å²) >= 11 is 0. The highest BCUT2D eigenvalue weighted by molar-refractivity contribution is 5.92. The molecule has 4 heterocycles. The van der Waals surface area contributed by atoms with Crippen LogP contribution in [0.15, 0.2) is 65.2 Å². The summed E-state index contributed by atoms with van der Waals surface area (Å²) < 4.78 is 31.9. The van der Waals surface area contributed by atoms with Crippen molar-refractivity contribution in [3.8, 4) is 17.2 Å². The topological polar surface area (TPSA) is 117 Å². The number of aromatic nitrogens is 2. The van der Waals surface area contributed by atoms with E-state index >= 15 is 0 Å². The molecule has 0 saturated carbocycles. The Morgan fingerprint density at radius 3 is 2.56 bits per heavy atom. The fourth-order valence-corrected chi connectivity index (χ4v) is 6.10. The second-order valence-corrected chi connectivity index (χ2v) is 11.4. The number of hydrogen-bond acceptors (Lipinski definition) is 9. The molecule has 0 bridgehead atoms. The summed E-state index contributed by atoms with van der Waals surface area (Å²) in [7, 11) is 1.86. The van der Waals surface area contributed by atoms with E-state index in [4.69, 9.17) is 28.8 Å². The van der Waals surface area contributed by atoms with E-state index in [1.165, 1.54) is 0 Å². The summed E-state index contributed by atoms with van der Waals surface area (Å²) in [6.45, 7) is 6.04. The number of ether oxygens (including phenoxy) is 5. The van der Waals surface area contributed by atoms with Crippen LogP contribution in [0.5, 0.6) is 11.5 Å². The molecule has 240 valence electrons. The number of rotatable bonds is 11. The first kappa shape index (κ1) is 30.9. The van der Waals surface area contributed by atoms with E-state index in [9.17, 15) is 9.59 Å². The average molecular weight is 621 g/mol. The maximum atomic E-state index is 13.8. The van der Waals surface area contributed by atoms with Gasteiger partial charge in [0.1, 0.15) is 0 Å². The first-order chi connectivity index (χ1) is 21.9. The van der Waals surface area contributed by atoms with Crippen molar-refractivity contribution in [2.24, 2.45) is 7.05 Å². The van der Waals surface area contributed by atoms with Crippen LogP contribution in [-0.4, -0.2) is 95.9 Å². The molecule has 1 aromatic heterocycles. The predicted octanol–water partition coefficient (Wildman–Crippen LogP) is 2.30. The minimum Gasteiger partial charge on any atom is -0.459 e. The molecule has 1 fully saturated rings. The Morgan fingerprint density at radius 2 is 1.78 bits per heavy atom. The van der Waals surface area contributed by atoms with Gasteiger partial charge < -0.3 is 33.7 Å². The molecule has 1 amide bonds. The molecule has 3 aromatic rings. The van der Waals surface area contributed by atoms with Crippen LogP contribution in [0.1, 0.15) is 29.2 Å². The smallest absolute Gasteiger partial charge is 0.288 e. The van der Waals surface area contributed by atoms with Crippen molar-refractivity contribution in [3.05, 3.63) is 87.5 Å². The van der Waals surface area contributed by atoms with Gasteiger partial charge in [-0.2, -0.15) is 0 Å². The number of carbonyl (C=O) groups excluding carboxylic acids is 1. The maximum Gasteiger partial charge on any atom is 0.288 e. The number of nitrogens with zero attached hydrogens (tertiary/aromatic N) is 4. The Labute approximate surface area is 261 Å². The number of piperazine rings is 1. The summed E-state index contributed by atoms with van der Waals surface area (Å²) in [5.41, 5.74) is 3.16. The molecular formula is C33H40N4O8. The van der Waals surface area contributed by atoms with Gasteiger partial charge in [-0.3, -0.25) is 19.2 Å². The summed E-state index contributed by atoms with van der Waals surface area (Å²) in [5, 5.41) is 8.99. The highest BCUT2D eigenvalue weighted by Crippen LogP contribution is 2.34. The molecule has 1 saturated heterocycles. The molecule has 45 heavy (non-hydrogen) atoms. The summed E-state index contributed by atoms with van der Waals surface area (Å²) in [4.78, 5) is 31.8. The molecule has 12 heteroatoms. The molecule has 1 N–H and O–H groups in total. The SMILES string of the molecule is Cc1c([C@@H]2C=C(C(=O)N3CCN(Cc4ccc5c(c4)OCO5)CC3)O[C@H](OCCOCCO)C2)c(=O)n(-c2ccccc2)n1C. The lowest BCUT2D eigenvalue weighted by Crippen LogP contribution is -2.49. The standard InChI is InChI=1S/C33H40N4O8/c1-23-31(33(40)37(34(23)2)26-6-4-3-5-7-26)25-19-29(45-30(20-25)42-17-16-41-15-14-38)32(39)36-12-10-35(11-13-36)21-24-8-9-27-28(18-24)44-22-43-27/h3-9,18-19,25,30,38H,10-17,20-22H2,1-2H3/t25-,30+/m1/s1. The van der Waals surface area contributed by atoms with E-state index in [1.54, 1.807) is 15.7 Å². The Morgan fingerprint density at radius 1 is 1.00 bits per heavy atom. The summed E-state index contributed by atoms with van der Waals surface area (Å²) in [5.74, 6) is 1.10. The van der Waals surface area contributed by atoms with Gasteiger partial charge >= 0.3 is 0 Å². The molecular weight excluding hydrogens is 580 g/mol. The van der Waals surface area contributed by atoms with Gasteiger partial charge in [-0.05, 0) is 42.8 Å². The number of amides is 1. The molecule has 12 nitrogen and oxygen atoms in total. The van der Waals surface area contributed by atoms with Gasteiger partial charge in [0.05, 0.1) is 32.1 Å². The van der Waals surface area contributed by atoms with Crippen molar-refractivity contribution in [2.45, 2.75) is 32.1 Å². The second-order valence-electron chi connectivity index (χ2n) is 11.4. The highest BCUT2D eigenvalue weighted by Gasteiger charge is 2.35. The molecule has 2 atom stereocenters. The molecule has 0 radical (unpaired) electrons. The van der Waals surface area contributed by atoms with E-state index in [0.717, 1.165) is 35.0 Å². The molecule has 2 aromatic carbocycles. The molecule has 0 aliphatic carbocycles. The molecule has 3 aliphatic heterocycles. The quantitative estimate of drug-likeness (QED) is 0.323. The lowest BCUT2D eigenvalue weighted by Gasteiger charge is -2.36. The van der Waals surface area contributed by atoms with Gasteiger partial charge in [-0.15, -0.1) is 0 Å².